The molecule has 1 aromatic heterocycles. The van der Waals surface area contributed by atoms with Crippen LogP contribution in [0.4, 0.5) is 5.00 Å². The molecule has 0 aliphatic heterocycles. The van der Waals surface area contributed by atoms with Crippen LogP contribution in [0.1, 0.15) is 52.2 Å². The fourth-order valence-corrected chi connectivity index (χ4v) is 5.55. The van der Waals surface area contributed by atoms with Gasteiger partial charge in [0.25, 0.3) is 0 Å². The lowest BCUT2D eigenvalue weighted by Gasteiger charge is -2.18. The summed E-state index contributed by atoms with van der Waals surface area (Å²) in [5, 5.41) is 7.45. The van der Waals surface area contributed by atoms with E-state index in [2.05, 4.69) is 22.8 Å². The zero-order valence-electron chi connectivity index (χ0n) is 21.1. The number of ether oxygens (including phenoxy) is 2. The number of hydrazone groups is 1. The quantitative estimate of drug-likeness (QED) is 0.169. The molecule has 2 aromatic carbocycles. The molecule has 0 saturated heterocycles. The molecule has 198 valence electrons. The maximum absolute atomic E-state index is 12.6. The predicted molar refractivity (Wildman–Crippen MR) is 148 cm³/mol. The Morgan fingerprint density at radius 3 is 2.55 bits per heavy atom. The maximum Gasteiger partial charge on any atom is 0.341 e. The summed E-state index contributed by atoms with van der Waals surface area (Å²) in [5.41, 5.74) is 5.17. The molecule has 0 saturated carbocycles. The largest absolute Gasteiger partial charge is 0.489 e. The van der Waals surface area contributed by atoms with E-state index in [1.165, 1.54) is 17.6 Å². The van der Waals surface area contributed by atoms with Crippen LogP contribution < -0.4 is 15.5 Å². The van der Waals surface area contributed by atoms with Crippen molar-refractivity contribution in [2.75, 3.05) is 11.9 Å². The Balaban J connectivity index is 1.32. The number of nitrogens with one attached hydrogen (secondary N) is 2. The number of carbonyl (C=O) groups excluding carboxylic acids is 3. The topological polar surface area (TPSA) is 106 Å². The highest BCUT2D eigenvalue weighted by atomic mass is 35.5. The second-order valence-electron chi connectivity index (χ2n) is 8.91. The molecule has 3 aromatic rings. The first-order chi connectivity index (χ1) is 18.3. The summed E-state index contributed by atoms with van der Waals surface area (Å²) >= 11 is 7.22. The van der Waals surface area contributed by atoms with E-state index in [1.807, 2.05) is 24.3 Å². The van der Waals surface area contributed by atoms with Crippen LogP contribution in [0, 0.1) is 5.92 Å². The van der Waals surface area contributed by atoms with Crippen LogP contribution in [0.15, 0.2) is 53.6 Å². The maximum atomic E-state index is 12.6. The van der Waals surface area contributed by atoms with E-state index in [1.54, 1.807) is 31.2 Å². The third kappa shape index (κ3) is 6.99. The highest BCUT2D eigenvalue weighted by Crippen LogP contribution is 2.40. The lowest BCUT2D eigenvalue weighted by atomic mass is 9.88. The van der Waals surface area contributed by atoms with Gasteiger partial charge in [0.1, 0.15) is 17.4 Å². The third-order valence-corrected chi connectivity index (χ3v) is 7.42. The van der Waals surface area contributed by atoms with E-state index in [0.29, 0.717) is 39.4 Å². The Morgan fingerprint density at radius 2 is 1.84 bits per heavy atom. The fraction of sp³-hybridized carbons (Fsp3) is 0.286. The van der Waals surface area contributed by atoms with Crippen LogP contribution in [0.5, 0.6) is 5.75 Å². The van der Waals surface area contributed by atoms with Crippen molar-refractivity contribution < 1.29 is 23.9 Å². The number of nitrogens with zero attached hydrogens (tertiary/aromatic N) is 1. The molecule has 1 heterocycles. The molecule has 0 radical (unpaired) electrons. The van der Waals surface area contributed by atoms with Gasteiger partial charge in [-0.25, -0.2) is 10.2 Å². The second-order valence-corrected chi connectivity index (χ2v) is 10.5. The van der Waals surface area contributed by atoms with E-state index in [-0.39, 0.29) is 6.61 Å². The summed E-state index contributed by atoms with van der Waals surface area (Å²) < 4.78 is 11.0. The van der Waals surface area contributed by atoms with Gasteiger partial charge in [-0.3, -0.25) is 9.59 Å². The number of thiophene rings is 1. The molecule has 0 bridgehead atoms. The summed E-state index contributed by atoms with van der Waals surface area (Å²) in [4.78, 5) is 38.6. The van der Waals surface area contributed by atoms with Gasteiger partial charge in [-0.15, -0.1) is 11.3 Å². The van der Waals surface area contributed by atoms with Crippen LogP contribution in [-0.4, -0.2) is 30.6 Å². The Kier molecular flexibility index (Phi) is 9.15. The molecular weight excluding hydrogens is 526 g/mol. The van der Waals surface area contributed by atoms with Crippen LogP contribution in [0.2, 0.25) is 5.02 Å². The van der Waals surface area contributed by atoms with Crippen LogP contribution in [0.3, 0.4) is 0 Å². The zero-order valence-corrected chi connectivity index (χ0v) is 22.7. The Bertz CT molecular complexity index is 1340. The van der Waals surface area contributed by atoms with Crippen molar-refractivity contribution in [3.05, 3.63) is 80.7 Å². The van der Waals surface area contributed by atoms with Gasteiger partial charge in [0, 0.05) is 9.90 Å². The summed E-state index contributed by atoms with van der Waals surface area (Å²) in [6.45, 7) is 4.50. The van der Waals surface area contributed by atoms with Crippen molar-refractivity contribution in [3.63, 3.8) is 0 Å². The highest BCUT2D eigenvalue weighted by molar-refractivity contribution is 7.17. The van der Waals surface area contributed by atoms with E-state index in [0.717, 1.165) is 35.3 Å². The average molecular weight is 554 g/mol. The molecule has 1 aliphatic rings. The van der Waals surface area contributed by atoms with Crippen molar-refractivity contribution in [2.45, 2.75) is 39.7 Å². The summed E-state index contributed by atoms with van der Waals surface area (Å²) in [5.74, 6) is -1.19. The fourth-order valence-electron chi connectivity index (χ4n) is 4.03. The standard InChI is InChI=1S/C28H28ClN3O5S/c1-3-36-28(35)24-22-13-4-17(2)14-23(22)38-27(24)31-25(33)26(34)32-30-15-18-7-11-21(12-8-18)37-16-19-5-9-20(29)10-6-19/h5-12,15,17H,3-4,13-14,16H2,1-2H3,(H,31,33)(H,32,34)/b30-15-/t17-/m1/s1. The molecule has 1 atom stereocenters. The van der Waals surface area contributed by atoms with Crippen molar-refractivity contribution in [1.82, 2.24) is 5.43 Å². The summed E-state index contributed by atoms with van der Waals surface area (Å²) in [7, 11) is 0. The lowest BCUT2D eigenvalue weighted by Crippen LogP contribution is -2.32. The monoisotopic (exact) mass is 553 g/mol. The smallest absolute Gasteiger partial charge is 0.341 e. The van der Waals surface area contributed by atoms with Gasteiger partial charge in [-0.05, 0) is 85.2 Å². The number of halogens is 1. The Labute approximate surface area is 230 Å². The Hall–Kier alpha value is -3.69. The van der Waals surface area contributed by atoms with E-state index in [9.17, 15) is 14.4 Å². The van der Waals surface area contributed by atoms with Crippen molar-refractivity contribution in [3.8, 4) is 5.75 Å². The predicted octanol–water partition coefficient (Wildman–Crippen LogP) is 5.37. The molecule has 0 spiro atoms. The number of hydrogen-bond acceptors (Lipinski definition) is 7. The van der Waals surface area contributed by atoms with E-state index >= 15 is 0 Å². The number of benzene rings is 2. The highest BCUT2D eigenvalue weighted by Gasteiger charge is 2.30. The molecule has 8 nitrogen and oxygen atoms in total. The molecule has 4 rings (SSSR count). The Morgan fingerprint density at radius 1 is 1.11 bits per heavy atom. The minimum absolute atomic E-state index is 0.220. The van der Waals surface area contributed by atoms with Gasteiger partial charge in [-0.1, -0.05) is 30.7 Å². The van der Waals surface area contributed by atoms with Gasteiger partial charge in [0.2, 0.25) is 0 Å². The first-order valence-corrected chi connectivity index (χ1v) is 13.5. The first-order valence-electron chi connectivity index (χ1n) is 12.3. The van der Waals surface area contributed by atoms with Crippen molar-refractivity contribution in [2.24, 2.45) is 11.0 Å². The molecule has 2 amide bonds. The number of carbonyl (C=O) groups is 3. The van der Waals surface area contributed by atoms with Gasteiger partial charge in [0.15, 0.2) is 0 Å². The van der Waals surface area contributed by atoms with E-state index in [4.69, 9.17) is 21.1 Å². The number of esters is 1. The molecule has 0 fully saturated rings. The summed E-state index contributed by atoms with van der Waals surface area (Å²) in [6, 6.07) is 14.5. The van der Waals surface area contributed by atoms with Crippen LogP contribution in [-0.2, 0) is 33.8 Å². The lowest BCUT2D eigenvalue weighted by molar-refractivity contribution is -0.136. The van der Waals surface area contributed by atoms with Crippen molar-refractivity contribution >= 4 is 51.9 Å². The van der Waals surface area contributed by atoms with Gasteiger partial charge in [0.05, 0.1) is 18.4 Å². The number of fused-ring (bicyclic) bond motifs is 1. The molecular formula is C28H28ClN3O5S. The normalized spacial score (nSPS) is 14.6. The minimum atomic E-state index is -0.946. The van der Waals surface area contributed by atoms with E-state index < -0.39 is 17.8 Å². The third-order valence-electron chi connectivity index (χ3n) is 6.00. The van der Waals surface area contributed by atoms with Crippen molar-refractivity contribution in [1.29, 1.82) is 0 Å². The molecule has 38 heavy (non-hydrogen) atoms. The van der Waals surface area contributed by atoms with Crippen LogP contribution in [0.25, 0.3) is 0 Å². The molecule has 2 N–H and O–H groups in total. The van der Waals surface area contributed by atoms with Gasteiger partial charge < -0.3 is 14.8 Å². The van der Waals surface area contributed by atoms with Crippen LogP contribution >= 0.6 is 22.9 Å². The first kappa shape index (κ1) is 27.3. The molecule has 10 heteroatoms. The number of anilines is 1. The minimum Gasteiger partial charge on any atom is -0.489 e. The van der Waals surface area contributed by atoms with Gasteiger partial charge >= 0.3 is 17.8 Å². The SMILES string of the molecule is CCOC(=O)c1c(NC(=O)C(=O)N/N=C\c2ccc(OCc3ccc(Cl)cc3)cc2)sc2c1CC[C@@H](C)C2. The zero-order chi connectivity index (χ0) is 27.1. The molecule has 0 unspecified atom stereocenters. The number of amides is 2. The number of rotatable bonds is 8. The average Bonchev–Trinajstić information content (AvgIpc) is 3.26. The van der Waals surface area contributed by atoms with Gasteiger partial charge in [-0.2, -0.15) is 5.10 Å². The number of hydrogen-bond donors (Lipinski definition) is 2. The summed E-state index contributed by atoms with van der Waals surface area (Å²) in [6.07, 6.45) is 3.93. The second kappa shape index (κ2) is 12.7. The molecule has 1 aliphatic carbocycles.